The van der Waals surface area contributed by atoms with Gasteiger partial charge in [-0.15, -0.1) is 11.3 Å². The molecule has 0 spiro atoms. The number of benzene rings is 1. The van der Waals surface area contributed by atoms with Gasteiger partial charge in [0.25, 0.3) is 0 Å². The summed E-state index contributed by atoms with van der Waals surface area (Å²) in [6.45, 7) is 5.36. The second-order valence-electron chi connectivity index (χ2n) is 7.43. The highest BCUT2D eigenvalue weighted by molar-refractivity contribution is 7.11. The maximum absolute atomic E-state index is 3.66. The van der Waals surface area contributed by atoms with E-state index in [4.69, 9.17) is 0 Å². The van der Waals surface area contributed by atoms with Crippen molar-refractivity contribution in [3.63, 3.8) is 0 Å². The van der Waals surface area contributed by atoms with E-state index in [9.17, 15) is 0 Å². The number of nitrogens with one attached hydrogen (secondary N) is 3. The van der Waals surface area contributed by atoms with E-state index in [-0.39, 0.29) is 0 Å². The number of H-pyrrole nitrogens is 1. The molecule has 0 radical (unpaired) electrons. The van der Waals surface area contributed by atoms with Crippen LogP contribution in [0.4, 0.5) is 5.69 Å². The SMILES string of the molecule is C/C=C(\Nc1ccc2[nH]cc(C3CCCC(NCC)C3)c2c1)c1cccs1. The van der Waals surface area contributed by atoms with Crippen LogP contribution in [0.15, 0.2) is 48.0 Å². The Kier molecular flexibility index (Phi) is 5.65. The highest BCUT2D eigenvalue weighted by Crippen LogP contribution is 2.37. The zero-order chi connectivity index (χ0) is 18.6. The molecule has 1 saturated carbocycles. The highest BCUT2D eigenvalue weighted by atomic mass is 32.1. The van der Waals surface area contributed by atoms with E-state index < -0.39 is 0 Å². The van der Waals surface area contributed by atoms with Crippen LogP contribution in [0.5, 0.6) is 0 Å². The Morgan fingerprint density at radius 2 is 2.22 bits per heavy atom. The van der Waals surface area contributed by atoms with Crippen molar-refractivity contribution in [2.24, 2.45) is 0 Å². The first kappa shape index (κ1) is 18.3. The maximum Gasteiger partial charge on any atom is 0.0515 e. The van der Waals surface area contributed by atoms with Crippen molar-refractivity contribution in [2.45, 2.75) is 51.5 Å². The predicted octanol–water partition coefficient (Wildman–Crippen LogP) is 6.34. The van der Waals surface area contributed by atoms with Gasteiger partial charge in [0.2, 0.25) is 0 Å². The molecule has 142 valence electrons. The Bertz CT molecular complexity index is 905. The summed E-state index contributed by atoms with van der Waals surface area (Å²) >= 11 is 1.77. The molecule has 3 N–H and O–H groups in total. The van der Waals surface area contributed by atoms with Crippen LogP contribution in [-0.4, -0.2) is 17.6 Å². The largest absolute Gasteiger partial charge is 0.361 e. The summed E-state index contributed by atoms with van der Waals surface area (Å²) in [5.74, 6) is 0.644. The van der Waals surface area contributed by atoms with Crippen molar-refractivity contribution in [1.29, 1.82) is 0 Å². The third kappa shape index (κ3) is 3.97. The first-order valence-electron chi connectivity index (χ1n) is 10.1. The number of rotatable bonds is 6. The van der Waals surface area contributed by atoms with Gasteiger partial charge in [-0.2, -0.15) is 0 Å². The fourth-order valence-electron chi connectivity index (χ4n) is 4.37. The van der Waals surface area contributed by atoms with Gasteiger partial charge in [-0.25, -0.2) is 0 Å². The lowest BCUT2D eigenvalue weighted by Crippen LogP contribution is -2.33. The molecule has 4 heteroatoms. The fraction of sp³-hybridized carbons (Fsp3) is 0.391. The van der Waals surface area contributed by atoms with E-state index in [1.165, 1.54) is 52.7 Å². The third-order valence-electron chi connectivity index (χ3n) is 5.67. The predicted molar refractivity (Wildman–Crippen MR) is 119 cm³/mol. The molecule has 1 aliphatic rings. The lowest BCUT2D eigenvalue weighted by molar-refractivity contribution is 0.345. The van der Waals surface area contributed by atoms with Gasteiger partial charge >= 0.3 is 0 Å². The van der Waals surface area contributed by atoms with Crippen LogP contribution in [0.25, 0.3) is 16.6 Å². The number of anilines is 1. The molecule has 0 amide bonds. The van der Waals surface area contributed by atoms with Crippen molar-refractivity contribution in [2.75, 3.05) is 11.9 Å². The van der Waals surface area contributed by atoms with Gasteiger partial charge in [0.15, 0.2) is 0 Å². The standard InChI is InChI=1S/C23H29N3S/c1-3-21(23-9-6-12-27-23)26-18-10-11-22-19(14-18)20(15-25-22)16-7-5-8-17(13-16)24-4-2/h3,6,9-12,14-17,24-26H,4-5,7-8,13H2,1-2H3/b21-3-. The molecular formula is C23H29N3S. The van der Waals surface area contributed by atoms with Crippen LogP contribution < -0.4 is 10.6 Å². The topological polar surface area (TPSA) is 39.9 Å². The molecule has 2 unspecified atom stereocenters. The normalized spacial score (nSPS) is 20.9. The lowest BCUT2D eigenvalue weighted by Gasteiger charge is -2.29. The summed E-state index contributed by atoms with van der Waals surface area (Å²) in [6.07, 6.45) is 9.55. The number of thiophene rings is 1. The molecule has 0 saturated heterocycles. The number of hydrogen-bond acceptors (Lipinski definition) is 3. The van der Waals surface area contributed by atoms with Crippen molar-refractivity contribution >= 4 is 33.6 Å². The van der Waals surface area contributed by atoms with Gasteiger partial charge in [-0.05, 0) is 73.9 Å². The summed E-state index contributed by atoms with van der Waals surface area (Å²) in [7, 11) is 0. The Morgan fingerprint density at radius 3 is 3.00 bits per heavy atom. The Hall–Kier alpha value is -2.04. The van der Waals surface area contributed by atoms with Crippen LogP contribution in [0, 0.1) is 0 Å². The molecule has 27 heavy (non-hydrogen) atoms. The van der Waals surface area contributed by atoms with Crippen molar-refractivity contribution in [1.82, 2.24) is 10.3 Å². The number of allylic oxidation sites excluding steroid dienone is 1. The zero-order valence-corrected chi connectivity index (χ0v) is 17.0. The summed E-state index contributed by atoms with van der Waals surface area (Å²) in [4.78, 5) is 4.76. The lowest BCUT2D eigenvalue weighted by atomic mass is 9.81. The molecule has 1 aromatic carbocycles. The molecule has 4 rings (SSSR count). The summed E-state index contributed by atoms with van der Waals surface area (Å²) in [6, 6.07) is 11.6. The molecule has 3 nitrogen and oxygen atoms in total. The minimum atomic E-state index is 0.644. The molecular weight excluding hydrogens is 350 g/mol. The van der Waals surface area contributed by atoms with Gasteiger partial charge < -0.3 is 15.6 Å². The number of aromatic amines is 1. The third-order valence-corrected chi connectivity index (χ3v) is 6.58. The van der Waals surface area contributed by atoms with Crippen LogP contribution in [0.1, 0.15) is 55.9 Å². The first-order chi connectivity index (χ1) is 13.3. The Balaban J connectivity index is 1.59. The summed E-state index contributed by atoms with van der Waals surface area (Å²) in [5, 5.41) is 10.8. The number of aromatic nitrogens is 1. The summed E-state index contributed by atoms with van der Waals surface area (Å²) < 4.78 is 0. The van der Waals surface area contributed by atoms with E-state index in [0.717, 1.165) is 12.2 Å². The monoisotopic (exact) mass is 379 g/mol. The molecule has 3 aromatic rings. The van der Waals surface area contributed by atoms with Gasteiger partial charge in [0, 0.05) is 28.8 Å². The molecule has 2 atom stereocenters. The van der Waals surface area contributed by atoms with Gasteiger partial charge in [-0.3, -0.25) is 0 Å². The van der Waals surface area contributed by atoms with Gasteiger partial charge in [0.1, 0.15) is 0 Å². The highest BCUT2D eigenvalue weighted by Gasteiger charge is 2.24. The van der Waals surface area contributed by atoms with Gasteiger partial charge in [-0.1, -0.05) is 25.5 Å². The van der Waals surface area contributed by atoms with E-state index in [1.54, 1.807) is 11.3 Å². The minimum Gasteiger partial charge on any atom is -0.361 e. The van der Waals surface area contributed by atoms with E-state index >= 15 is 0 Å². The average Bonchev–Trinajstić information content (AvgIpc) is 3.36. The van der Waals surface area contributed by atoms with E-state index in [1.807, 2.05) is 0 Å². The van der Waals surface area contributed by atoms with Crippen molar-refractivity contribution < 1.29 is 0 Å². The van der Waals surface area contributed by atoms with E-state index in [2.05, 4.69) is 77.4 Å². The zero-order valence-electron chi connectivity index (χ0n) is 16.2. The Morgan fingerprint density at radius 1 is 1.30 bits per heavy atom. The number of hydrogen-bond donors (Lipinski definition) is 3. The van der Waals surface area contributed by atoms with E-state index in [0.29, 0.717) is 12.0 Å². The molecule has 2 aromatic heterocycles. The second-order valence-corrected chi connectivity index (χ2v) is 8.37. The smallest absolute Gasteiger partial charge is 0.0515 e. The summed E-state index contributed by atoms with van der Waals surface area (Å²) in [5.41, 5.74) is 5.05. The van der Waals surface area contributed by atoms with Gasteiger partial charge in [0.05, 0.1) is 10.6 Å². The first-order valence-corrected chi connectivity index (χ1v) is 11.0. The molecule has 0 aliphatic heterocycles. The van der Waals surface area contributed by atoms with Crippen LogP contribution in [-0.2, 0) is 0 Å². The van der Waals surface area contributed by atoms with Crippen LogP contribution >= 0.6 is 11.3 Å². The number of fused-ring (bicyclic) bond motifs is 1. The molecule has 1 aliphatic carbocycles. The second kappa shape index (κ2) is 8.32. The molecule has 1 fully saturated rings. The average molecular weight is 380 g/mol. The Labute approximate surface area is 165 Å². The maximum atomic E-state index is 3.66. The quantitative estimate of drug-likeness (QED) is 0.468. The van der Waals surface area contributed by atoms with Crippen molar-refractivity contribution in [3.8, 4) is 0 Å². The molecule has 0 bridgehead atoms. The minimum absolute atomic E-state index is 0.644. The van der Waals surface area contributed by atoms with Crippen LogP contribution in [0.3, 0.4) is 0 Å². The fourth-order valence-corrected chi connectivity index (χ4v) is 5.12. The van der Waals surface area contributed by atoms with Crippen molar-refractivity contribution in [3.05, 3.63) is 58.4 Å². The molecule has 2 heterocycles. The van der Waals surface area contributed by atoms with Crippen LogP contribution in [0.2, 0.25) is 0 Å².